The van der Waals surface area contributed by atoms with Gasteiger partial charge < -0.3 is 10.1 Å². The van der Waals surface area contributed by atoms with Crippen molar-refractivity contribution >= 4 is 52.6 Å². The lowest BCUT2D eigenvalue weighted by Crippen LogP contribution is -2.47. The van der Waals surface area contributed by atoms with E-state index >= 15 is 0 Å². The maximum Gasteiger partial charge on any atom is 0.246 e. The highest BCUT2D eigenvalue weighted by atomic mass is 35.6. The Bertz CT molecular complexity index is 732. The molecule has 1 atom stereocenters. The number of hydrogen-bond acceptors (Lipinski definition) is 4. The molecule has 0 aromatic heterocycles. The van der Waals surface area contributed by atoms with Crippen molar-refractivity contribution in [3.05, 3.63) is 60.2 Å². The molecule has 1 amide bonds. The first kappa shape index (κ1) is 20.4. The summed E-state index contributed by atoms with van der Waals surface area (Å²) in [6, 6.07) is 16.6. The van der Waals surface area contributed by atoms with Crippen molar-refractivity contribution < 1.29 is 9.53 Å². The monoisotopic (exact) mass is 413 g/mol. The molecule has 5 nitrogen and oxygen atoms in total. The first-order valence-corrected chi connectivity index (χ1v) is 8.99. The van der Waals surface area contributed by atoms with Crippen LogP contribution in [0.15, 0.2) is 59.7 Å². The third-order valence-electron chi connectivity index (χ3n) is 3.23. The molecule has 0 aliphatic rings. The molecule has 2 rings (SSSR count). The number of amides is 1. The van der Waals surface area contributed by atoms with E-state index in [0.29, 0.717) is 5.75 Å². The van der Waals surface area contributed by atoms with Crippen molar-refractivity contribution in [2.75, 3.05) is 5.43 Å². The molecule has 0 saturated heterocycles. The summed E-state index contributed by atoms with van der Waals surface area (Å²) in [5, 5.41) is 6.68. The number of halogens is 3. The summed E-state index contributed by atoms with van der Waals surface area (Å²) >= 11 is 17.6. The van der Waals surface area contributed by atoms with Gasteiger partial charge in [-0.15, -0.1) is 0 Å². The number of ether oxygens (including phenoxy) is 1. The van der Waals surface area contributed by atoms with Gasteiger partial charge in [0.25, 0.3) is 0 Å². The van der Waals surface area contributed by atoms with Gasteiger partial charge in [-0.3, -0.25) is 10.2 Å². The van der Waals surface area contributed by atoms with Gasteiger partial charge in [0.15, 0.2) is 0 Å². The maximum atomic E-state index is 11.6. The first-order valence-electron chi connectivity index (χ1n) is 7.85. The summed E-state index contributed by atoms with van der Waals surface area (Å²) in [5.41, 5.74) is 4.67. The molecule has 2 aromatic carbocycles. The van der Waals surface area contributed by atoms with Crippen LogP contribution < -0.4 is 15.5 Å². The van der Waals surface area contributed by atoms with E-state index in [1.807, 2.05) is 30.3 Å². The van der Waals surface area contributed by atoms with Gasteiger partial charge >= 0.3 is 0 Å². The van der Waals surface area contributed by atoms with Gasteiger partial charge in [-0.25, -0.2) is 0 Å². The average Bonchev–Trinajstić information content (AvgIpc) is 2.62. The minimum atomic E-state index is -1.80. The predicted molar refractivity (Wildman–Crippen MR) is 107 cm³/mol. The van der Waals surface area contributed by atoms with Crippen molar-refractivity contribution in [2.24, 2.45) is 5.10 Å². The number of benzene rings is 2. The Morgan fingerprint density at radius 2 is 1.81 bits per heavy atom. The van der Waals surface area contributed by atoms with E-state index in [1.165, 1.54) is 0 Å². The van der Waals surface area contributed by atoms with Crippen LogP contribution in [-0.4, -0.2) is 22.1 Å². The second-order valence-corrected chi connectivity index (χ2v) is 7.63. The minimum Gasteiger partial charge on any atom is -0.466 e. The second-order valence-electron chi connectivity index (χ2n) is 5.27. The van der Waals surface area contributed by atoms with Gasteiger partial charge in [0.2, 0.25) is 15.9 Å². The highest BCUT2D eigenvalue weighted by molar-refractivity contribution is 6.68. The fourth-order valence-corrected chi connectivity index (χ4v) is 2.19. The first-order chi connectivity index (χ1) is 12.4. The summed E-state index contributed by atoms with van der Waals surface area (Å²) in [7, 11) is 0. The van der Waals surface area contributed by atoms with Gasteiger partial charge in [0, 0.05) is 6.42 Å². The van der Waals surface area contributed by atoms with Crippen LogP contribution in [0.3, 0.4) is 0 Å². The molecule has 138 valence electrons. The minimum absolute atomic E-state index is 0.254. The second kappa shape index (κ2) is 9.67. The normalized spacial score (nSPS) is 12.6. The smallest absolute Gasteiger partial charge is 0.246 e. The molecule has 0 fully saturated rings. The number of rotatable bonds is 7. The molecule has 0 radical (unpaired) electrons. The number of alkyl halides is 3. The van der Waals surface area contributed by atoms with Gasteiger partial charge in [0.1, 0.15) is 5.75 Å². The third-order valence-corrected chi connectivity index (χ3v) is 3.82. The van der Waals surface area contributed by atoms with E-state index in [1.54, 1.807) is 37.4 Å². The lowest BCUT2D eigenvalue weighted by molar-refractivity contribution is -0.123. The Hall–Kier alpha value is -1.95. The number of carbonyl (C=O) groups excluding carboxylic acids is 1. The van der Waals surface area contributed by atoms with Gasteiger partial charge in [0.05, 0.1) is 11.9 Å². The third kappa shape index (κ3) is 6.75. The van der Waals surface area contributed by atoms with Gasteiger partial charge in [-0.05, 0) is 42.0 Å². The summed E-state index contributed by atoms with van der Waals surface area (Å²) in [6.45, 7) is 1.70. The Morgan fingerprint density at radius 3 is 2.38 bits per heavy atom. The molecule has 0 aliphatic carbocycles. The van der Waals surface area contributed by atoms with E-state index < -0.39 is 10.0 Å². The number of hydrazone groups is 1. The topological polar surface area (TPSA) is 62.7 Å². The highest BCUT2D eigenvalue weighted by Crippen LogP contribution is 2.32. The van der Waals surface area contributed by atoms with Crippen molar-refractivity contribution in [1.82, 2.24) is 5.32 Å². The highest BCUT2D eigenvalue weighted by Gasteiger charge is 2.35. The van der Waals surface area contributed by atoms with Crippen LogP contribution in [0.4, 0.5) is 5.69 Å². The summed E-state index contributed by atoms with van der Waals surface area (Å²) in [6.07, 6.45) is 0.825. The Kier molecular flexibility index (Phi) is 7.57. The van der Waals surface area contributed by atoms with Gasteiger partial charge in [-0.1, -0.05) is 59.9 Å². The molecule has 0 unspecified atom stereocenters. The van der Waals surface area contributed by atoms with Crippen LogP contribution in [0.1, 0.15) is 18.9 Å². The van der Waals surface area contributed by atoms with E-state index in [4.69, 9.17) is 39.5 Å². The molecular formula is C18H18Cl3N3O2. The standard InChI is InChI=1S/C18H18Cl3N3O2/c1-2-16(25)23-17(18(19,20)21)26-15-10-8-13(9-11-15)12-22-24-14-6-4-3-5-7-14/h3-12,17,24H,2H2,1H3,(H,23,25)/b22-12-/t17-/m1/s1. The SMILES string of the molecule is CCC(=O)N[C@H](Oc1ccc(/C=N\Nc2ccccc2)cc1)C(Cl)(Cl)Cl. The number of hydrogen-bond donors (Lipinski definition) is 2. The number of anilines is 1. The van der Waals surface area contributed by atoms with Crippen molar-refractivity contribution in [2.45, 2.75) is 23.4 Å². The number of nitrogens with zero attached hydrogens (tertiary/aromatic N) is 1. The van der Waals surface area contributed by atoms with E-state index in [0.717, 1.165) is 11.3 Å². The molecule has 0 heterocycles. The largest absolute Gasteiger partial charge is 0.466 e. The quantitative estimate of drug-likeness (QED) is 0.298. The maximum absolute atomic E-state index is 11.6. The molecule has 2 N–H and O–H groups in total. The molecule has 8 heteroatoms. The zero-order valence-electron chi connectivity index (χ0n) is 14.0. The molecule has 0 saturated carbocycles. The van der Waals surface area contributed by atoms with Crippen LogP contribution in [-0.2, 0) is 4.79 Å². The predicted octanol–water partition coefficient (Wildman–Crippen LogP) is 4.73. The van der Waals surface area contributed by atoms with Crippen LogP contribution in [0.5, 0.6) is 5.75 Å². The van der Waals surface area contributed by atoms with Crippen molar-refractivity contribution in [1.29, 1.82) is 0 Å². The number of para-hydroxylation sites is 1. The molecule has 0 bridgehead atoms. The lowest BCUT2D eigenvalue weighted by Gasteiger charge is -2.26. The fraction of sp³-hybridized carbons (Fsp3) is 0.222. The van der Waals surface area contributed by atoms with E-state index in [2.05, 4.69) is 15.8 Å². The average molecular weight is 415 g/mol. The zero-order valence-corrected chi connectivity index (χ0v) is 16.2. The fourth-order valence-electron chi connectivity index (χ4n) is 1.89. The molecule has 26 heavy (non-hydrogen) atoms. The zero-order chi connectivity index (χ0) is 19.0. The Morgan fingerprint density at radius 1 is 1.15 bits per heavy atom. The summed E-state index contributed by atoms with van der Waals surface area (Å²) < 4.78 is 3.79. The Balaban J connectivity index is 1.97. The van der Waals surface area contributed by atoms with Crippen LogP contribution in [0, 0.1) is 0 Å². The van der Waals surface area contributed by atoms with Crippen LogP contribution in [0.25, 0.3) is 0 Å². The molecule has 0 spiro atoms. The number of nitrogens with one attached hydrogen (secondary N) is 2. The molecule has 0 aliphatic heterocycles. The molecule has 2 aromatic rings. The summed E-state index contributed by atoms with van der Waals surface area (Å²) in [4.78, 5) is 11.6. The Labute approximate surface area is 167 Å². The van der Waals surface area contributed by atoms with Crippen molar-refractivity contribution in [3.8, 4) is 5.75 Å². The van der Waals surface area contributed by atoms with E-state index in [9.17, 15) is 4.79 Å². The van der Waals surface area contributed by atoms with Crippen LogP contribution in [0.2, 0.25) is 0 Å². The van der Waals surface area contributed by atoms with Crippen LogP contribution >= 0.6 is 34.8 Å². The number of carbonyl (C=O) groups is 1. The van der Waals surface area contributed by atoms with E-state index in [-0.39, 0.29) is 12.3 Å². The van der Waals surface area contributed by atoms with Crippen molar-refractivity contribution in [3.63, 3.8) is 0 Å². The molecular weight excluding hydrogens is 397 g/mol. The summed E-state index contributed by atoms with van der Waals surface area (Å²) in [5.74, 6) is 0.169. The van der Waals surface area contributed by atoms with Gasteiger partial charge in [-0.2, -0.15) is 5.10 Å². The lowest BCUT2D eigenvalue weighted by atomic mass is 10.2.